The van der Waals surface area contributed by atoms with E-state index in [1.165, 1.54) is 12.0 Å². The van der Waals surface area contributed by atoms with Gasteiger partial charge in [0.05, 0.1) is 6.10 Å². The van der Waals surface area contributed by atoms with E-state index in [4.69, 9.17) is 4.74 Å². The maximum absolute atomic E-state index is 5.82. The van der Waals surface area contributed by atoms with Crippen molar-refractivity contribution in [2.45, 2.75) is 59.0 Å². The van der Waals surface area contributed by atoms with Crippen LogP contribution in [0, 0.1) is 0 Å². The second-order valence-electron chi connectivity index (χ2n) is 5.49. The van der Waals surface area contributed by atoms with Crippen molar-refractivity contribution in [3.63, 3.8) is 0 Å². The molecule has 16 heavy (non-hydrogen) atoms. The molecule has 1 rings (SSSR count). The summed E-state index contributed by atoms with van der Waals surface area (Å²) in [5.41, 5.74) is 1.57. The van der Waals surface area contributed by atoms with Gasteiger partial charge in [-0.15, -0.1) is 0 Å². The van der Waals surface area contributed by atoms with E-state index in [1.54, 1.807) is 0 Å². The molecule has 0 aliphatic heterocycles. The van der Waals surface area contributed by atoms with Gasteiger partial charge in [0.15, 0.2) is 0 Å². The Morgan fingerprint density at radius 3 is 2.12 bits per heavy atom. The molecule has 0 spiro atoms. The molecule has 0 fully saturated rings. The molecule has 0 amide bonds. The third-order valence-electron chi connectivity index (χ3n) is 2.75. The summed E-state index contributed by atoms with van der Waals surface area (Å²) in [6, 6.07) is 8.47. The molecule has 1 unspecified atom stereocenters. The summed E-state index contributed by atoms with van der Waals surface area (Å²) < 4.78 is 5.82. The summed E-state index contributed by atoms with van der Waals surface area (Å²) >= 11 is 0. The lowest BCUT2D eigenvalue weighted by Crippen LogP contribution is -2.12. The van der Waals surface area contributed by atoms with Gasteiger partial charge in [-0.3, -0.25) is 0 Å². The molecular weight excluding hydrogens is 196 g/mol. The number of benzene rings is 1. The van der Waals surface area contributed by atoms with E-state index in [0.29, 0.717) is 6.10 Å². The molecule has 0 aliphatic carbocycles. The van der Waals surface area contributed by atoms with Gasteiger partial charge in [0.2, 0.25) is 0 Å². The molecule has 0 heterocycles. The third-order valence-corrected chi connectivity index (χ3v) is 2.75. The van der Waals surface area contributed by atoms with E-state index in [2.05, 4.69) is 58.9 Å². The molecule has 1 nitrogen and oxygen atoms in total. The topological polar surface area (TPSA) is 9.23 Å². The van der Waals surface area contributed by atoms with Gasteiger partial charge in [0.1, 0.15) is 5.75 Å². The largest absolute Gasteiger partial charge is 0.491 e. The van der Waals surface area contributed by atoms with Gasteiger partial charge in [-0.25, -0.2) is 0 Å². The predicted molar refractivity (Wildman–Crippen MR) is 70.1 cm³/mol. The Morgan fingerprint density at radius 1 is 1.12 bits per heavy atom. The van der Waals surface area contributed by atoms with Crippen molar-refractivity contribution in [1.82, 2.24) is 0 Å². The number of hydrogen-bond acceptors (Lipinski definition) is 1. The second-order valence-corrected chi connectivity index (χ2v) is 5.49. The fraction of sp³-hybridized carbons (Fsp3) is 0.600. The van der Waals surface area contributed by atoms with Crippen LogP contribution in [0.1, 0.15) is 53.0 Å². The average molecular weight is 220 g/mol. The van der Waals surface area contributed by atoms with Crippen LogP contribution in [0.5, 0.6) is 5.75 Å². The Kier molecular flexibility index (Phi) is 4.40. The zero-order valence-corrected chi connectivity index (χ0v) is 11.2. The SMILES string of the molecule is CCCC(C)Oc1ccc(C(C)(C)C)cc1. The smallest absolute Gasteiger partial charge is 0.119 e. The summed E-state index contributed by atoms with van der Waals surface area (Å²) in [6.45, 7) is 11.0. The summed E-state index contributed by atoms with van der Waals surface area (Å²) in [6.07, 6.45) is 2.59. The predicted octanol–water partition coefficient (Wildman–Crippen LogP) is 4.55. The minimum atomic E-state index is 0.216. The Labute approximate surface area is 99.8 Å². The van der Waals surface area contributed by atoms with Crippen molar-refractivity contribution >= 4 is 0 Å². The fourth-order valence-electron chi connectivity index (χ4n) is 1.73. The minimum absolute atomic E-state index is 0.216. The van der Waals surface area contributed by atoms with Crippen LogP contribution < -0.4 is 4.74 Å². The highest BCUT2D eigenvalue weighted by atomic mass is 16.5. The molecule has 1 aromatic rings. The minimum Gasteiger partial charge on any atom is -0.491 e. The van der Waals surface area contributed by atoms with Gasteiger partial charge in [-0.2, -0.15) is 0 Å². The first-order valence-electron chi connectivity index (χ1n) is 6.20. The number of hydrogen-bond donors (Lipinski definition) is 0. The van der Waals surface area contributed by atoms with Gasteiger partial charge in [0, 0.05) is 0 Å². The molecule has 1 aromatic carbocycles. The van der Waals surface area contributed by atoms with E-state index < -0.39 is 0 Å². The van der Waals surface area contributed by atoms with Crippen LogP contribution >= 0.6 is 0 Å². The summed E-state index contributed by atoms with van der Waals surface area (Å²) in [7, 11) is 0. The van der Waals surface area contributed by atoms with Gasteiger partial charge < -0.3 is 4.74 Å². The van der Waals surface area contributed by atoms with Crippen molar-refractivity contribution in [2.24, 2.45) is 0 Å². The molecular formula is C15H24O. The summed E-state index contributed by atoms with van der Waals surface area (Å²) in [5, 5.41) is 0. The first kappa shape index (κ1) is 13.1. The first-order valence-corrected chi connectivity index (χ1v) is 6.20. The molecule has 0 radical (unpaired) electrons. The first-order chi connectivity index (χ1) is 7.43. The quantitative estimate of drug-likeness (QED) is 0.723. The molecule has 0 saturated carbocycles. The Hall–Kier alpha value is -0.980. The number of ether oxygens (including phenoxy) is 1. The van der Waals surface area contributed by atoms with E-state index in [1.807, 2.05) is 0 Å². The maximum atomic E-state index is 5.82. The van der Waals surface area contributed by atoms with Crippen molar-refractivity contribution in [3.05, 3.63) is 29.8 Å². The molecule has 0 bridgehead atoms. The highest BCUT2D eigenvalue weighted by molar-refractivity contribution is 5.31. The molecule has 1 atom stereocenters. The second kappa shape index (κ2) is 5.38. The van der Waals surface area contributed by atoms with Crippen LogP contribution in [-0.2, 0) is 5.41 Å². The van der Waals surface area contributed by atoms with Crippen LogP contribution in [0.15, 0.2) is 24.3 Å². The van der Waals surface area contributed by atoms with E-state index >= 15 is 0 Å². The average Bonchev–Trinajstić information content (AvgIpc) is 2.17. The lowest BCUT2D eigenvalue weighted by atomic mass is 9.87. The van der Waals surface area contributed by atoms with Gasteiger partial charge in [-0.05, 0) is 36.5 Å². The van der Waals surface area contributed by atoms with E-state index in [9.17, 15) is 0 Å². The highest BCUT2D eigenvalue weighted by Crippen LogP contribution is 2.24. The monoisotopic (exact) mass is 220 g/mol. The maximum Gasteiger partial charge on any atom is 0.119 e. The third kappa shape index (κ3) is 3.88. The fourth-order valence-corrected chi connectivity index (χ4v) is 1.73. The standard InChI is InChI=1S/C15H24O/c1-6-7-12(2)16-14-10-8-13(9-11-14)15(3,4)5/h8-12H,6-7H2,1-5H3. The van der Waals surface area contributed by atoms with Crippen LogP contribution in [-0.4, -0.2) is 6.10 Å². The molecule has 1 heteroatoms. The number of rotatable bonds is 4. The summed E-state index contributed by atoms with van der Waals surface area (Å²) in [5.74, 6) is 0.981. The lowest BCUT2D eigenvalue weighted by molar-refractivity contribution is 0.210. The molecule has 0 aromatic heterocycles. The zero-order chi connectivity index (χ0) is 12.2. The Bertz CT molecular complexity index is 305. The van der Waals surface area contributed by atoms with Crippen LogP contribution in [0.2, 0.25) is 0 Å². The van der Waals surface area contributed by atoms with Crippen molar-refractivity contribution in [1.29, 1.82) is 0 Å². The van der Waals surface area contributed by atoms with Crippen LogP contribution in [0.4, 0.5) is 0 Å². The molecule has 0 saturated heterocycles. The van der Waals surface area contributed by atoms with Crippen molar-refractivity contribution < 1.29 is 4.74 Å². The Morgan fingerprint density at radius 2 is 1.69 bits per heavy atom. The van der Waals surface area contributed by atoms with Gasteiger partial charge in [0.25, 0.3) is 0 Å². The molecule has 0 N–H and O–H groups in total. The zero-order valence-electron chi connectivity index (χ0n) is 11.2. The lowest BCUT2D eigenvalue weighted by Gasteiger charge is -2.20. The van der Waals surface area contributed by atoms with Gasteiger partial charge >= 0.3 is 0 Å². The Balaban J connectivity index is 2.65. The van der Waals surface area contributed by atoms with Crippen molar-refractivity contribution in [2.75, 3.05) is 0 Å². The molecule has 0 aliphatic rings. The van der Waals surface area contributed by atoms with E-state index in [0.717, 1.165) is 12.2 Å². The normalized spacial score (nSPS) is 13.6. The van der Waals surface area contributed by atoms with Gasteiger partial charge in [-0.1, -0.05) is 46.2 Å². The summed E-state index contributed by atoms with van der Waals surface area (Å²) in [4.78, 5) is 0. The molecule has 90 valence electrons. The van der Waals surface area contributed by atoms with Crippen molar-refractivity contribution in [3.8, 4) is 5.75 Å². The van der Waals surface area contributed by atoms with Crippen LogP contribution in [0.25, 0.3) is 0 Å². The highest BCUT2D eigenvalue weighted by Gasteiger charge is 2.13. The van der Waals surface area contributed by atoms with E-state index in [-0.39, 0.29) is 5.41 Å². The van der Waals surface area contributed by atoms with Crippen LogP contribution in [0.3, 0.4) is 0 Å².